The molecule has 0 aromatic heterocycles. The summed E-state index contributed by atoms with van der Waals surface area (Å²) in [5.74, 6) is -0.730. The van der Waals surface area contributed by atoms with Gasteiger partial charge in [0.2, 0.25) is 0 Å². The van der Waals surface area contributed by atoms with Crippen LogP contribution in [0.15, 0.2) is 0 Å². The van der Waals surface area contributed by atoms with E-state index in [0.29, 0.717) is 6.61 Å². The number of piperidine rings is 3. The van der Waals surface area contributed by atoms with Crippen molar-refractivity contribution >= 4 is 11.9 Å². The number of esters is 1. The molecule has 19 heavy (non-hydrogen) atoms. The lowest BCUT2D eigenvalue weighted by molar-refractivity contribution is -0.944. The summed E-state index contributed by atoms with van der Waals surface area (Å²) in [6.45, 7) is 6.24. The van der Waals surface area contributed by atoms with Gasteiger partial charge in [0.1, 0.15) is 0 Å². The Balaban J connectivity index is 1.89. The number of rotatable bonds is 6. The first-order valence-corrected chi connectivity index (χ1v) is 7.26. The summed E-state index contributed by atoms with van der Waals surface area (Å²) in [4.78, 5) is 22.7. The Labute approximate surface area is 114 Å². The van der Waals surface area contributed by atoms with E-state index in [2.05, 4.69) is 0 Å². The zero-order valence-corrected chi connectivity index (χ0v) is 11.7. The molecular weight excluding hydrogens is 246 g/mol. The fraction of sp³-hybridized carbons (Fsp3) is 0.857. The van der Waals surface area contributed by atoms with Gasteiger partial charge in [0.15, 0.2) is 0 Å². The number of carbonyl (C=O) groups excluding carboxylic acids is 1. The molecule has 0 saturated carbocycles. The van der Waals surface area contributed by atoms with Gasteiger partial charge in [-0.05, 0) is 6.92 Å². The average Bonchev–Trinajstić information content (AvgIpc) is 2.40. The predicted molar refractivity (Wildman–Crippen MR) is 69.5 cm³/mol. The van der Waals surface area contributed by atoms with E-state index in [4.69, 9.17) is 9.84 Å². The summed E-state index contributed by atoms with van der Waals surface area (Å²) in [6, 6.07) is 0. The van der Waals surface area contributed by atoms with Crippen LogP contribution in [-0.2, 0) is 14.3 Å². The van der Waals surface area contributed by atoms with Gasteiger partial charge in [-0.25, -0.2) is 0 Å². The van der Waals surface area contributed by atoms with Gasteiger partial charge in [0.05, 0.1) is 44.6 Å². The zero-order chi connectivity index (χ0) is 13.9. The quantitative estimate of drug-likeness (QED) is 0.585. The van der Waals surface area contributed by atoms with Crippen molar-refractivity contribution in [1.29, 1.82) is 0 Å². The minimum atomic E-state index is -0.715. The van der Waals surface area contributed by atoms with Crippen LogP contribution in [0.4, 0.5) is 0 Å². The summed E-state index contributed by atoms with van der Waals surface area (Å²) in [7, 11) is 0. The number of carboxylic acid groups (broad SMARTS) is 1. The van der Waals surface area contributed by atoms with Gasteiger partial charge in [0.25, 0.3) is 0 Å². The second-order valence-corrected chi connectivity index (χ2v) is 5.98. The van der Waals surface area contributed by atoms with Gasteiger partial charge in [-0.2, -0.15) is 0 Å². The normalized spacial score (nSPS) is 33.1. The van der Waals surface area contributed by atoms with Gasteiger partial charge in [-0.15, -0.1) is 0 Å². The number of carbonyl (C=O) groups is 2. The lowest BCUT2D eigenvalue weighted by atomic mass is 9.70. The third-order valence-electron chi connectivity index (χ3n) is 4.93. The summed E-state index contributed by atoms with van der Waals surface area (Å²) >= 11 is 0. The Hall–Kier alpha value is -1.10. The SMILES string of the molecule is CCOC(=O)C12CC[N+](CCCC(=O)O)(CC1)CC2. The number of hydrogen-bond donors (Lipinski definition) is 1. The molecular formula is C14H24NO4+. The maximum atomic E-state index is 12.1. The van der Waals surface area contributed by atoms with Crippen molar-refractivity contribution in [2.24, 2.45) is 5.41 Å². The molecule has 0 aromatic carbocycles. The lowest BCUT2D eigenvalue weighted by Gasteiger charge is -2.53. The highest BCUT2D eigenvalue weighted by atomic mass is 16.5. The number of quaternary nitrogens is 1. The number of aliphatic carboxylic acids is 1. The summed E-state index contributed by atoms with van der Waals surface area (Å²) in [5.41, 5.74) is -0.233. The number of carboxylic acids is 1. The van der Waals surface area contributed by atoms with Gasteiger partial charge < -0.3 is 14.3 Å². The Morgan fingerprint density at radius 2 is 1.79 bits per heavy atom. The summed E-state index contributed by atoms with van der Waals surface area (Å²) in [6.07, 6.45) is 3.70. The maximum Gasteiger partial charge on any atom is 0.312 e. The van der Waals surface area contributed by atoms with Gasteiger partial charge in [-0.3, -0.25) is 9.59 Å². The van der Waals surface area contributed by atoms with Crippen LogP contribution in [-0.4, -0.2) is 54.3 Å². The van der Waals surface area contributed by atoms with Crippen LogP contribution >= 0.6 is 0 Å². The Bertz CT molecular complexity index is 342. The van der Waals surface area contributed by atoms with E-state index < -0.39 is 5.97 Å². The lowest BCUT2D eigenvalue weighted by Crippen LogP contribution is -2.63. The summed E-state index contributed by atoms with van der Waals surface area (Å²) < 4.78 is 6.23. The second kappa shape index (κ2) is 5.49. The molecule has 0 amide bonds. The van der Waals surface area contributed by atoms with E-state index in [1.54, 1.807) is 0 Å². The standard InChI is InChI=1S/C14H23NO4/c1-2-19-13(18)14-5-9-15(10-6-14,11-7-14)8-3-4-12(16)17/h2-11H2,1H3/p+1. The van der Waals surface area contributed by atoms with E-state index in [-0.39, 0.29) is 17.8 Å². The first kappa shape index (κ1) is 14.3. The van der Waals surface area contributed by atoms with Crippen LogP contribution < -0.4 is 0 Å². The Morgan fingerprint density at radius 1 is 1.21 bits per heavy atom. The van der Waals surface area contributed by atoms with E-state index in [1.807, 2.05) is 6.92 Å². The third-order valence-corrected chi connectivity index (χ3v) is 4.93. The van der Waals surface area contributed by atoms with Gasteiger partial charge in [-0.1, -0.05) is 0 Å². The monoisotopic (exact) mass is 270 g/mol. The second-order valence-electron chi connectivity index (χ2n) is 5.98. The fourth-order valence-corrected chi connectivity index (χ4v) is 3.56. The van der Waals surface area contributed by atoms with E-state index in [0.717, 1.165) is 56.3 Å². The molecule has 5 nitrogen and oxygen atoms in total. The van der Waals surface area contributed by atoms with Crippen molar-refractivity contribution in [2.45, 2.75) is 39.0 Å². The number of ether oxygens (including phenoxy) is 1. The van der Waals surface area contributed by atoms with Crippen molar-refractivity contribution in [1.82, 2.24) is 0 Å². The highest BCUT2D eigenvalue weighted by Gasteiger charge is 2.53. The van der Waals surface area contributed by atoms with Crippen LogP contribution in [0.2, 0.25) is 0 Å². The Kier molecular flexibility index (Phi) is 4.13. The van der Waals surface area contributed by atoms with Crippen LogP contribution in [0.25, 0.3) is 0 Å². The van der Waals surface area contributed by atoms with Gasteiger partial charge in [0, 0.05) is 25.7 Å². The molecule has 3 saturated heterocycles. The van der Waals surface area contributed by atoms with E-state index >= 15 is 0 Å². The molecule has 2 bridgehead atoms. The highest BCUT2D eigenvalue weighted by molar-refractivity contribution is 5.77. The largest absolute Gasteiger partial charge is 0.481 e. The van der Waals surface area contributed by atoms with E-state index in [1.165, 1.54) is 0 Å². The molecule has 0 aromatic rings. The number of fused-ring (bicyclic) bond motifs is 3. The molecule has 3 fully saturated rings. The zero-order valence-electron chi connectivity index (χ0n) is 11.7. The minimum absolute atomic E-state index is 0.0157. The molecule has 0 atom stereocenters. The maximum absolute atomic E-state index is 12.1. The molecule has 3 heterocycles. The highest BCUT2D eigenvalue weighted by Crippen LogP contribution is 2.45. The smallest absolute Gasteiger partial charge is 0.312 e. The first-order valence-electron chi connectivity index (χ1n) is 7.26. The van der Waals surface area contributed by atoms with Crippen molar-refractivity contribution in [3.63, 3.8) is 0 Å². The van der Waals surface area contributed by atoms with Gasteiger partial charge >= 0.3 is 11.9 Å². The molecule has 0 unspecified atom stereocenters. The number of hydrogen-bond acceptors (Lipinski definition) is 3. The molecule has 3 rings (SSSR count). The third kappa shape index (κ3) is 2.91. The topological polar surface area (TPSA) is 63.6 Å². The summed E-state index contributed by atoms with van der Waals surface area (Å²) in [5, 5.41) is 8.71. The molecule has 0 radical (unpaired) electrons. The van der Waals surface area contributed by atoms with Crippen LogP contribution in [0.3, 0.4) is 0 Å². The van der Waals surface area contributed by atoms with Crippen LogP contribution in [0.5, 0.6) is 0 Å². The molecule has 3 aliphatic heterocycles. The molecule has 0 aliphatic carbocycles. The van der Waals surface area contributed by atoms with Crippen molar-refractivity contribution in [3.8, 4) is 0 Å². The first-order chi connectivity index (χ1) is 9.02. The molecule has 1 N–H and O–H groups in total. The van der Waals surface area contributed by atoms with Crippen LogP contribution in [0, 0.1) is 5.41 Å². The minimum Gasteiger partial charge on any atom is -0.481 e. The average molecular weight is 270 g/mol. The van der Waals surface area contributed by atoms with Crippen molar-refractivity contribution in [3.05, 3.63) is 0 Å². The van der Waals surface area contributed by atoms with Crippen LogP contribution in [0.1, 0.15) is 39.0 Å². The molecule has 3 aliphatic rings. The predicted octanol–water partition coefficient (Wildman–Crippen LogP) is 1.41. The molecule has 0 spiro atoms. The molecule has 5 heteroatoms. The molecule has 108 valence electrons. The van der Waals surface area contributed by atoms with E-state index in [9.17, 15) is 9.59 Å². The fourth-order valence-electron chi connectivity index (χ4n) is 3.56. The van der Waals surface area contributed by atoms with Crippen molar-refractivity contribution in [2.75, 3.05) is 32.8 Å². The Morgan fingerprint density at radius 3 is 2.26 bits per heavy atom. The van der Waals surface area contributed by atoms with Crippen molar-refractivity contribution < 1.29 is 23.9 Å². The number of nitrogens with zero attached hydrogens (tertiary/aromatic N) is 1.